The van der Waals surface area contributed by atoms with Gasteiger partial charge in [0.15, 0.2) is 0 Å². The molecule has 0 atom stereocenters. The first-order valence-corrected chi connectivity index (χ1v) is 5.69. The van der Waals surface area contributed by atoms with Crippen molar-refractivity contribution in [2.24, 2.45) is 0 Å². The second-order valence-electron chi connectivity index (χ2n) is 4.30. The van der Waals surface area contributed by atoms with E-state index in [1.165, 1.54) is 32.1 Å². The molecule has 0 radical (unpaired) electrons. The predicted octanol–water partition coefficient (Wildman–Crippen LogP) is 2.84. The van der Waals surface area contributed by atoms with E-state index in [9.17, 15) is 0 Å². The molecule has 1 fully saturated rings. The average molecular weight is 206 g/mol. The molecule has 3 nitrogen and oxygen atoms in total. The lowest BCUT2D eigenvalue weighted by molar-refractivity contribution is 0.382. The van der Waals surface area contributed by atoms with Gasteiger partial charge in [0.1, 0.15) is 0 Å². The van der Waals surface area contributed by atoms with Crippen molar-refractivity contribution in [3.8, 4) is 5.88 Å². The van der Waals surface area contributed by atoms with Gasteiger partial charge < -0.3 is 4.74 Å². The molecule has 1 saturated carbocycles. The minimum Gasteiger partial charge on any atom is -0.480 e. The van der Waals surface area contributed by atoms with Gasteiger partial charge in [0.2, 0.25) is 5.88 Å². The highest BCUT2D eigenvalue weighted by atomic mass is 16.5. The fourth-order valence-corrected chi connectivity index (χ4v) is 2.29. The number of aromatic nitrogens is 2. The van der Waals surface area contributed by atoms with Crippen LogP contribution in [0.5, 0.6) is 5.88 Å². The quantitative estimate of drug-likeness (QED) is 0.746. The van der Waals surface area contributed by atoms with Gasteiger partial charge in [0, 0.05) is 11.5 Å². The van der Waals surface area contributed by atoms with Crippen LogP contribution in [0.3, 0.4) is 0 Å². The standard InChI is InChI=1S/C12H18N2O/c1-9-8-11(13-14-12(9)15-2)10-6-4-3-5-7-10/h8,10H,3-7H2,1-2H3. The third kappa shape index (κ3) is 2.28. The van der Waals surface area contributed by atoms with Crippen LogP contribution >= 0.6 is 0 Å². The van der Waals surface area contributed by atoms with E-state index < -0.39 is 0 Å². The molecule has 1 heterocycles. The van der Waals surface area contributed by atoms with E-state index in [2.05, 4.69) is 16.3 Å². The second-order valence-corrected chi connectivity index (χ2v) is 4.30. The average Bonchev–Trinajstić information content (AvgIpc) is 2.30. The molecular formula is C12H18N2O. The lowest BCUT2D eigenvalue weighted by Gasteiger charge is -2.20. The summed E-state index contributed by atoms with van der Waals surface area (Å²) in [6.07, 6.45) is 6.56. The fraction of sp³-hybridized carbons (Fsp3) is 0.667. The van der Waals surface area contributed by atoms with E-state index in [0.29, 0.717) is 11.8 Å². The largest absolute Gasteiger partial charge is 0.480 e. The van der Waals surface area contributed by atoms with Crippen LogP contribution in [0.2, 0.25) is 0 Å². The van der Waals surface area contributed by atoms with Crippen molar-refractivity contribution in [2.45, 2.75) is 44.9 Å². The summed E-state index contributed by atoms with van der Waals surface area (Å²) < 4.78 is 5.11. The van der Waals surface area contributed by atoms with Gasteiger partial charge in [-0.1, -0.05) is 19.3 Å². The molecule has 1 aromatic rings. The van der Waals surface area contributed by atoms with Gasteiger partial charge in [0.05, 0.1) is 12.8 Å². The maximum Gasteiger partial charge on any atom is 0.236 e. The molecule has 0 N–H and O–H groups in total. The number of nitrogens with zero attached hydrogens (tertiary/aromatic N) is 2. The van der Waals surface area contributed by atoms with Gasteiger partial charge in [-0.2, -0.15) is 5.10 Å². The Morgan fingerprint density at radius 2 is 1.93 bits per heavy atom. The number of hydrogen-bond acceptors (Lipinski definition) is 3. The fourth-order valence-electron chi connectivity index (χ4n) is 2.29. The molecule has 0 bridgehead atoms. The van der Waals surface area contributed by atoms with Crippen LogP contribution in [-0.4, -0.2) is 17.3 Å². The summed E-state index contributed by atoms with van der Waals surface area (Å²) in [7, 11) is 1.64. The molecule has 15 heavy (non-hydrogen) atoms. The monoisotopic (exact) mass is 206 g/mol. The molecular weight excluding hydrogens is 188 g/mol. The Kier molecular flexibility index (Phi) is 3.19. The Hall–Kier alpha value is -1.12. The number of hydrogen-bond donors (Lipinski definition) is 0. The highest BCUT2D eigenvalue weighted by Gasteiger charge is 2.18. The summed E-state index contributed by atoms with van der Waals surface area (Å²) in [4.78, 5) is 0. The van der Waals surface area contributed by atoms with E-state index in [-0.39, 0.29) is 0 Å². The Morgan fingerprint density at radius 3 is 2.53 bits per heavy atom. The summed E-state index contributed by atoms with van der Waals surface area (Å²) in [5.41, 5.74) is 2.24. The lowest BCUT2D eigenvalue weighted by Crippen LogP contribution is -2.08. The first-order valence-electron chi connectivity index (χ1n) is 5.69. The summed E-state index contributed by atoms with van der Waals surface area (Å²) in [6, 6.07) is 2.13. The molecule has 0 saturated heterocycles. The van der Waals surface area contributed by atoms with Crippen molar-refractivity contribution < 1.29 is 4.74 Å². The highest BCUT2D eigenvalue weighted by Crippen LogP contribution is 2.32. The number of ether oxygens (including phenoxy) is 1. The van der Waals surface area contributed by atoms with Crippen molar-refractivity contribution in [1.29, 1.82) is 0 Å². The molecule has 2 rings (SSSR count). The van der Waals surface area contributed by atoms with Crippen LogP contribution in [0.1, 0.15) is 49.3 Å². The Labute approximate surface area is 90.9 Å². The topological polar surface area (TPSA) is 35.0 Å². The summed E-state index contributed by atoms with van der Waals surface area (Å²) in [6.45, 7) is 2.03. The zero-order chi connectivity index (χ0) is 10.7. The van der Waals surface area contributed by atoms with Gasteiger partial charge in [-0.15, -0.1) is 5.10 Å². The minimum atomic E-state index is 0.621. The van der Waals surface area contributed by atoms with E-state index in [4.69, 9.17) is 4.74 Å². The zero-order valence-electron chi connectivity index (χ0n) is 9.49. The molecule has 0 unspecified atom stereocenters. The SMILES string of the molecule is COc1nnc(C2CCCCC2)cc1C. The summed E-state index contributed by atoms with van der Waals surface area (Å²) in [5.74, 6) is 1.27. The first-order chi connectivity index (χ1) is 7.31. The lowest BCUT2D eigenvalue weighted by atomic mass is 9.86. The van der Waals surface area contributed by atoms with E-state index >= 15 is 0 Å². The summed E-state index contributed by atoms with van der Waals surface area (Å²) >= 11 is 0. The summed E-state index contributed by atoms with van der Waals surface area (Å²) in [5, 5.41) is 8.36. The van der Waals surface area contributed by atoms with Crippen LogP contribution in [-0.2, 0) is 0 Å². The molecule has 0 spiro atoms. The van der Waals surface area contributed by atoms with E-state index in [1.807, 2.05) is 6.92 Å². The van der Waals surface area contributed by atoms with Gasteiger partial charge in [-0.05, 0) is 25.8 Å². The molecule has 0 aromatic carbocycles. The molecule has 0 amide bonds. The first kappa shape index (κ1) is 10.4. The van der Waals surface area contributed by atoms with Crippen molar-refractivity contribution in [3.05, 3.63) is 17.3 Å². The molecule has 0 aliphatic heterocycles. The van der Waals surface area contributed by atoms with Gasteiger partial charge >= 0.3 is 0 Å². The second kappa shape index (κ2) is 4.60. The molecule has 3 heteroatoms. The molecule has 1 aliphatic rings. The Morgan fingerprint density at radius 1 is 1.20 bits per heavy atom. The van der Waals surface area contributed by atoms with Crippen LogP contribution in [0.4, 0.5) is 0 Å². The van der Waals surface area contributed by atoms with E-state index in [0.717, 1.165) is 11.3 Å². The number of rotatable bonds is 2. The third-order valence-corrected chi connectivity index (χ3v) is 3.17. The maximum atomic E-state index is 5.11. The minimum absolute atomic E-state index is 0.621. The zero-order valence-corrected chi connectivity index (χ0v) is 9.49. The van der Waals surface area contributed by atoms with Crippen LogP contribution in [0, 0.1) is 6.92 Å². The van der Waals surface area contributed by atoms with Gasteiger partial charge in [0.25, 0.3) is 0 Å². The maximum absolute atomic E-state index is 5.11. The predicted molar refractivity (Wildman–Crippen MR) is 59.1 cm³/mol. The number of aryl methyl sites for hydroxylation is 1. The molecule has 1 aromatic heterocycles. The van der Waals surface area contributed by atoms with Crippen molar-refractivity contribution in [2.75, 3.05) is 7.11 Å². The van der Waals surface area contributed by atoms with Crippen LogP contribution in [0.25, 0.3) is 0 Å². The molecule has 82 valence electrons. The van der Waals surface area contributed by atoms with Gasteiger partial charge in [-0.25, -0.2) is 0 Å². The normalized spacial score (nSPS) is 17.7. The van der Waals surface area contributed by atoms with Gasteiger partial charge in [-0.3, -0.25) is 0 Å². The smallest absolute Gasteiger partial charge is 0.236 e. The van der Waals surface area contributed by atoms with E-state index in [1.54, 1.807) is 7.11 Å². The molecule has 1 aliphatic carbocycles. The number of methoxy groups -OCH3 is 1. The van der Waals surface area contributed by atoms with Crippen molar-refractivity contribution in [3.63, 3.8) is 0 Å². The highest BCUT2D eigenvalue weighted by molar-refractivity contribution is 5.26. The van der Waals surface area contributed by atoms with Crippen molar-refractivity contribution >= 4 is 0 Å². The van der Waals surface area contributed by atoms with Crippen molar-refractivity contribution in [1.82, 2.24) is 10.2 Å². The Bertz CT molecular complexity index is 332. The Balaban J connectivity index is 2.17. The van der Waals surface area contributed by atoms with Crippen LogP contribution < -0.4 is 4.74 Å². The third-order valence-electron chi connectivity index (χ3n) is 3.17. The van der Waals surface area contributed by atoms with Crippen LogP contribution in [0.15, 0.2) is 6.07 Å².